The molecule has 0 aliphatic rings. The van der Waals surface area contributed by atoms with Crippen molar-refractivity contribution < 1.29 is 13.2 Å². The summed E-state index contributed by atoms with van der Waals surface area (Å²) in [6, 6.07) is 6.42. The van der Waals surface area contributed by atoms with Crippen LogP contribution in [-0.4, -0.2) is 25.6 Å². The van der Waals surface area contributed by atoms with Gasteiger partial charge in [0.05, 0.1) is 5.75 Å². The lowest BCUT2D eigenvalue weighted by Crippen LogP contribution is -2.40. The number of hydrogen-bond acceptors (Lipinski definition) is 3. The molecule has 0 spiro atoms. The Kier molecular flexibility index (Phi) is 4.57. The summed E-state index contributed by atoms with van der Waals surface area (Å²) in [5.74, 6) is -0.240. The van der Waals surface area contributed by atoms with E-state index in [0.717, 1.165) is 0 Å². The molecule has 0 aliphatic heterocycles. The van der Waals surface area contributed by atoms with Crippen molar-refractivity contribution in [2.45, 2.75) is 33.2 Å². The first-order chi connectivity index (χ1) is 8.63. The zero-order valence-corrected chi connectivity index (χ0v) is 12.5. The van der Waals surface area contributed by atoms with Crippen molar-refractivity contribution in [3.63, 3.8) is 0 Å². The third kappa shape index (κ3) is 5.30. The van der Waals surface area contributed by atoms with Gasteiger partial charge < -0.3 is 5.32 Å². The van der Waals surface area contributed by atoms with Crippen LogP contribution in [0.4, 0.5) is 5.69 Å². The van der Waals surface area contributed by atoms with E-state index in [-0.39, 0.29) is 17.2 Å². The van der Waals surface area contributed by atoms with Crippen molar-refractivity contribution in [3.8, 4) is 0 Å². The molecular weight excluding hydrogens is 264 g/mol. The van der Waals surface area contributed by atoms with Crippen LogP contribution in [0.5, 0.6) is 0 Å². The van der Waals surface area contributed by atoms with Crippen molar-refractivity contribution in [2.75, 3.05) is 10.5 Å². The van der Waals surface area contributed by atoms with Gasteiger partial charge in [-0.3, -0.25) is 9.52 Å². The number of nitrogens with one attached hydrogen (secondary N) is 2. The standard InChI is InChI=1S/C13H20N2O3S/c1-5-19(17,18)15-11-8-6-7-10(9-11)12(16)14-13(2,3)4/h6-9,15H,5H2,1-4H3,(H,14,16). The number of benzene rings is 1. The summed E-state index contributed by atoms with van der Waals surface area (Å²) in [7, 11) is -3.33. The fourth-order valence-electron chi connectivity index (χ4n) is 1.39. The Labute approximate surface area is 114 Å². The minimum absolute atomic E-state index is 0.00852. The third-order valence-electron chi connectivity index (χ3n) is 2.27. The summed E-state index contributed by atoms with van der Waals surface area (Å²) >= 11 is 0. The third-order valence-corrected chi connectivity index (χ3v) is 3.57. The van der Waals surface area contributed by atoms with Crippen LogP contribution in [0, 0.1) is 0 Å². The Morgan fingerprint density at radius 3 is 2.42 bits per heavy atom. The number of hydrogen-bond donors (Lipinski definition) is 2. The van der Waals surface area contributed by atoms with Gasteiger partial charge in [-0.2, -0.15) is 0 Å². The highest BCUT2D eigenvalue weighted by Crippen LogP contribution is 2.13. The Morgan fingerprint density at radius 2 is 1.89 bits per heavy atom. The van der Waals surface area contributed by atoms with Crippen molar-refractivity contribution in [3.05, 3.63) is 29.8 Å². The first kappa shape index (κ1) is 15.5. The zero-order valence-electron chi connectivity index (χ0n) is 11.6. The summed E-state index contributed by atoms with van der Waals surface area (Å²) in [4.78, 5) is 12.0. The van der Waals surface area contributed by atoms with E-state index in [1.54, 1.807) is 25.1 Å². The van der Waals surface area contributed by atoms with Crippen molar-refractivity contribution in [1.29, 1.82) is 0 Å². The van der Waals surface area contributed by atoms with Gasteiger partial charge in [0, 0.05) is 16.8 Å². The van der Waals surface area contributed by atoms with E-state index in [1.165, 1.54) is 6.07 Å². The topological polar surface area (TPSA) is 75.3 Å². The van der Waals surface area contributed by atoms with Gasteiger partial charge in [0.15, 0.2) is 0 Å². The number of sulfonamides is 1. The van der Waals surface area contributed by atoms with Crippen LogP contribution in [0.1, 0.15) is 38.1 Å². The van der Waals surface area contributed by atoms with Crippen LogP contribution in [-0.2, 0) is 10.0 Å². The van der Waals surface area contributed by atoms with Gasteiger partial charge in [-0.25, -0.2) is 8.42 Å². The highest BCUT2D eigenvalue weighted by molar-refractivity contribution is 7.92. The van der Waals surface area contributed by atoms with Crippen molar-refractivity contribution in [1.82, 2.24) is 5.32 Å². The molecule has 0 heterocycles. The fourth-order valence-corrected chi connectivity index (χ4v) is 2.02. The molecule has 6 heteroatoms. The molecule has 106 valence electrons. The molecule has 0 atom stereocenters. The SMILES string of the molecule is CCS(=O)(=O)Nc1cccc(C(=O)NC(C)(C)C)c1. The molecule has 0 aromatic heterocycles. The van der Waals surface area contributed by atoms with E-state index in [9.17, 15) is 13.2 Å². The van der Waals surface area contributed by atoms with E-state index in [4.69, 9.17) is 0 Å². The molecule has 1 rings (SSSR count). The highest BCUT2D eigenvalue weighted by Gasteiger charge is 2.16. The number of amides is 1. The minimum Gasteiger partial charge on any atom is -0.347 e. The summed E-state index contributed by atoms with van der Waals surface area (Å²) in [6.45, 7) is 7.20. The molecule has 19 heavy (non-hydrogen) atoms. The molecule has 0 unspecified atom stereocenters. The smallest absolute Gasteiger partial charge is 0.251 e. The molecule has 1 amide bonds. The van der Waals surface area contributed by atoms with Crippen LogP contribution < -0.4 is 10.0 Å². The first-order valence-corrected chi connectivity index (χ1v) is 7.71. The molecule has 1 aromatic rings. The summed E-state index contributed by atoms with van der Waals surface area (Å²) in [6.07, 6.45) is 0. The Balaban J connectivity index is 2.92. The second-order valence-electron chi connectivity index (χ2n) is 5.29. The van der Waals surface area contributed by atoms with Gasteiger partial charge in [-0.15, -0.1) is 0 Å². The number of rotatable bonds is 4. The Morgan fingerprint density at radius 1 is 1.26 bits per heavy atom. The second-order valence-corrected chi connectivity index (χ2v) is 7.30. The van der Waals surface area contributed by atoms with Crippen LogP contribution in [0.2, 0.25) is 0 Å². The average molecular weight is 284 g/mol. The van der Waals surface area contributed by atoms with E-state index < -0.39 is 10.0 Å². The lowest BCUT2D eigenvalue weighted by atomic mass is 10.1. The van der Waals surface area contributed by atoms with Crippen LogP contribution >= 0.6 is 0 Å². The van der Waals surface area contributed by atoms with Crippen LogP contribution in [0.3, 0.4) is 0 Å². The van der Waals surface area contributed by atoms with Gasteiger partial charge in [-0.05, 0) is 45.9 Å². The van der Waals surface area contributed by atoms with Gasteiger partial charge in [0.1, 0.15) is 0 Å². The number of carbonyl (C=O) groups is 1. The summed E-state index contributed by atoms with van der Waals surface area (Å²) < 4.78 is 25.4. The summed E-state index contributed by atoms with van der Waals surface area (Å²) in [5, 5.41) is 2.82. The Hall–Kier alpha value is -1.56. The lowest BCUT2D eigenvalue weighted by molar-refractivity contribution is 0.0919. The number of carbonyl (C=O) groups excluding carboxylic acids is 1. The van der Waals surface area contributed by atoms with E-state index >= 15 is 0 Å². The fraction of sp³-hybridized carbons (Fsp3) is 0.462. The van der Waals surface area contributed by atoms with Gasteiger partial charge in [0.2, 0.25) is 10.0 Å². The van der Waals surface area contributed by atoms with Gasteiger partial charge >= 0.3 is 0 Å². The maximum Gasteiger partial charge on any atom is 0.251 e. The largest absolute Gasteiger partial charge is 0.347 e. The highest BCUT2D eigenvalue weighted by atomic mass is 32.2. The molecule has 0 fully saturated rings. The van der Waals surface area contributed by atoms with Crippen molar-refractivity contribution >= 4 is 21.6 Å². The predicted octanol–water partition coefficient (Wildman–Crippen LogP) is 1.98. The number of anilines is 1. The molecule has 1 aromatic carbocycles. The van der Waals surface area contributed by atoms with E-state index in [2.05, 4.69) is 10.0 Å². The van der Waals surface area contributed by atoms with E-state index in [1.807, 2.05) is 20.8 Å². The maximum atomic E-state index is 12.0. The van der Waals surface area contributed by atoms with Crippen molar-refractivity contribution in [2.24, 2.45) is 0 Å². The van der Waals surface area contributed by atoms with Gasteiger partial charge in [0.25, 0.3) is 5.91 Å². The molecule has 0 bridgehead atoms. The molecule has 0 saturated heterocycles. The maximum absolute atomic E-state index is 12.0. The predicted molar refractivity (Wildman–Crippen MR) is 76.7 cm³/mol. The molecule has 0 radical (unpaired) electrons. The zero-order chi connectivity index (χ0) is 14.7. The molecule has 0 saturated carbocycles. The monoisotopic (exact) mass is 284 g/mol. The second kappa shape index (κ2) is 5.61. The normalized spacial score (nSPS) is 12.0. The average Bonchev–Trinajstić information content (AvgIpc) is 2.26. The van der Waals surface area contributed by atoms with Crippen LogP contribution in [0.25, 0.3) is 0 Å². The summed E-state index contributed by atoms with van der Waals surface area (Å²) in [5.41, 5.74) is 0.477. The minimum atomic E-state index is -3.33. The molecular formula is C13H20N2O3S. The van der Waals surface area contributed by atoms with Crippen LogP contribution in [0.15, 0.2) is 24.3 Å². The molecule has 0 aliphatic carbocycles. The first-order valence-electron chi connectivity index (χ1n) is 6.06. The molecule has 2 N–H and O–H groups in total. The lowest BCUT2D eigenvalue weighted by Gasteiger charge is -2.20. The van der Waals surface area contributed by atoms with E-state index in [0.29, 0.717) is 11.3 Å². The Bertz CT molecular complexity index is 559. The quantitative estimate of drug-likeness (QED) is 0.887. The van der Waals surface area contributed by atoms with Gasteiger partial charge in [-0.1, -0.05) is 6.07 Å². The molecule has 5 nitrogen and oxygen atoms in total.